The number of likely N-dealkylation sites (N-methyl/N-ethyl adjacent to an activating group) is 1. The van der Waals surface area contributed by atoms with Crippen LogP contribution in [0.4, 0.5) is 5.69 Å². The SMILES string of the molecule is CCNC(=O)COc1ccc(CNC(=O)CN2C(=O)COc3ccccc32)cc1OC. The first-order valence-electron chi connectivity index (χ1n) is 9.87. The van der Waals surface area contributed by atoms with Gasteiger partial charge in [-0.15, -0.1) is 0 Å². The molecule has 164 valence electrons. The largest absolute Gasteiger partial charge is 0.493 e. The molecular formula is C22H25N3O6. The Kier molecular flexibility index (Phi) is 7.31. The van der Waals surface area contributed by atoms with Gasteiger partial charge in [0, 0.05) is 13.1 Å². The van der Waals surface area contributed by atoms with Gasteiger partial charge in [-0.3, -0.25) is 19.3 Å². The third kappa shape index (κ3) is 5.65. The fraction of sp³-hybridized carbons (Fsp3) is 0.318. The minimum atomic E-state index is -0.305. The molecule has 3 rings (SSSR count). The number of para-hydroxylation sites is 2. The van der Waals surface area contributed by atoms with Gasteiger partial charge >= 0.3 is 0 Å². The summed E-state index contributed by atoms with van der Waals surface area (Å²) in [6.07, 6.45) is 0. The highest BCUT2D eigenvalue weighted by Crippen LogP contribution is 2.31. The second kappa shape index (κ2) is 10.3. The zero-order valence-electron chi connectivity index (χ0n) is 17.5. The molecule has 9 nitrogen and oxygen atoms in total. The molecule has 0 spiro atoms. The summed E-state index contributed by atoms with van der Waals surface area (Å²) in [7, 11) is 1.50. The topological polar surface area (TPSA) is 106 Å². The van der Waals surface area contributed by atoms with Gasteiger partial charge in [0.1, 0.15) is 12.3 Å². The van der Waals surface area contributed by atoms with E-state index in [-0.39, 0.29) is 44.0 Å². The fourth-order valence-corrected chi connectivity index (χ4v) is 3.06. The van der Waals surface area contributed by atoms with E-state index in [0.717, 1.165) is 5.56 Å². The van der Waals surface area contributed by atoms with Gasteiger partial charge in [-0.2, -0.15) is 0 Å². The Bertz CT molecular complexity index is 962. The highest BCUT2D eigenvalue weighted by atomic mass is 16.5. The van der Waals surface area contributed by atoms with Crippen LogP contribution in [0.15, 0.2) is 42.5 Å². The Labute approximate surface area is 180 Å². The molecule has 1 aliphatic heterocycles. The Morgan fingerprint density at radius 3 is 2.68 bits per heavy atom. The fourth-order valence-electron chi connectivity index (χ4n) is 3.06. The molecule has 31 heavy (non-hydrogen) atoms. The Morgan fingerprint density at radius 1 is 1.10 bits per heavy atom. The average Bonchev–Trinajstić information content (AvgIpc) is 2.78. The molecular weight excluding hydrogens is 402 g/mol. The van der Waals surface area contributed by atoms with Crippen molar-refractivity contribution < 1.29 is 28.6 Å². The molecule has 0 atom stereocenters. The number of ether oxygens (including phenoxy) is 3. The standard InChI is InChI=1S/C22H25N3O6/c1-3-23-21(27)13-30-18-9-8-15(10-19(18)29-2)11-24-20(26)12-25-16-6-4-5-7-17(16)31-14-22(25)28/h4-10H,3,11-14H2,1-2H3,(H,23,27)(H,24,26). The first-order valence-corrected chi connectivity index (χ1v) is 9.87. The normalized spacial score (nSPS) is 12.5. The number of hydrogen-bond donors (Lipinski definition) is 2. The first kappa shape index (κ1) is 21.9. The molecule has 9 heteroatoms. The van der Waals surface area contributed by atoms with E-state index in [1.54, 1.807) is 36.4 Å². The number of rotatable bonds is 9. The molecule has 0 unspecified atom stereocenters. The Hall–Kier alpha value is -3.75. The minimum absolute atomic E-state index is 0.0980. The molecule has 3 amide bonds. The van der Waals surface area contributed by atoms with Crippen LogP contribution in [0.1, 0.15) is 12.5 Å². The lowest BCUT2D eigenvalue weighted by Gasteiger charge is -2.28. The molecule has 1 aliphatic rings. The smallest absolute Gasteiger partial charge is 0.265 e. The summed E-state index contributed by atoms with van der Waals surface area (Å²) in [5, 5.41) is 5.45. The number of amides is 3. The summed E-state index contributed by atoms with van der Waals surface area (Å²) in [6.45, 7) is 2.28. The summed E-state index contributed by atoms with van der Waals surface area (Å²) in [4.78, 5) is 37.6. The van der Waals surface area contributed by atoms with E-state index in [9.17, 15) is 14.4 Å². The van der Waals surface area contributed by atoms with E-state index in [1.807, 2.05) is 13.0 Å². The van der Waals surface area contributed by atoms with Crippen molar-refractivity contribution in [1.82, 2.24) is 10.6 Å². The van der Waals surface area contributed by atoms with Crippen molar-refractivity contribution in [3.63, 3.8) is 0 Å². The second-order valence-corrected chi connectivity index (χ2v) is 6.74. The molecule has 0 radical (unpaired) electrons. The van der Waals surface area contributed by atoms with E-state index in [0.29, 0.717) is 29.5 Å². The van der Waals surface area contributed by atoms with Gasteiger partial charge in [0.05, 0.1) is 12.8 Å². The molecule has 0 saturated carbocycles. The van der Waals surface area contributed by atoms with Gasteiger partial charge in [-0.05, 0) is 36.8 Å². The summed E-state index contributed by atoms with van der Waals surface area (Å²) in [6, 6.07) is 12.3. The van der Waals surface area contributed by atoms with Crippen LogP contribution < -0.4 is 29.7 Å². The van der Waals surface area contributed by atoms with Gasteiger partial charge in [0.15, 0.2) is 24.7 Å². The second-order valence-electron chi connectivity index (χ2n) is 6.74. The van der Waals surface area contributed by atoms with Crippen molar-refractivity contribution in [1.29, 1.82) is 0 Å². The molecule has 2 aromatic rings. The first-order chi connectivity index (χ1) is 15.0. The van der Waals surface area contributed by atoms with E-state index in [1.165, 1.54) is 12.0 Å². The van der Waals surface area contributed by atoms with Crippen LogP contribution in [-0.2, 0) is 20.9 Å². The predicted octanol–water partition coefficient (Wildman–Crippen LogP) is 1.25. The van der Waals surface area contributed by atoms with Gasteiger partial charge in [-0.25, -0.2) is 0 Å². The average molecular weight is 427 g/mol. The van der Waals surface area contributed by atoms with E-state index in [4.69, 9.17) is 14.2 Å². The number of fused-ring (bicyclic) bond motifs is 1. The lowest BCUT2D eigenvalue weighted by atomic mass is 10.2. The maximum Gasteiger partial charge on any atom is 0.265 e. The molecule has 2 aromatic carbocycles. The number of nitrogens with zero attached hydrogens (tertiary/aromatic N) is 1. The monoisotopic (exact) mass is 427 g/mol. The van der Waals surface area contributed by atoms with Crippen molar-refractivity contribution in [2.24, 2.45) is 0 Å². The lowest BCUT2D eigenvalue weighted by Crippen LogP contribution is -2.45. The molecule has 0 aromatic heterocycles. The molecule has 0 aliphatic carbocycles. The molecule has 1 heterocycles. The van der Waals surface area contributed by atoms with Gasteiger partial charge in [0.2, 0.25) is 5.91 Å². The lowest BCUT2D eigenvalue weighted by molar-refractivity contribution is -0.125. The third-order valence-electron chi connectivity index (χ3n) is 4.56. The van der Waals surface area contributed by atoms with Crippen molar-refractivity contribution in [2.45, 2.75) is 13.5 Å². The van der Waals surface area contributed by atoms with E-state index in [2.05, 4.69) is 10.6 Å². The summed E-state index contributed by atoms with van der Waals surface area (Å²) < 4.78 is 16.2. The highest BCUT2D eigenvalue weighted by molar-refractivity contribution is 6.02. The van der Waals surface area contributed by atoms with Crippen molar-refractivity contribution in [2.75, 3.05) is 38.3 Å². The Balaban J connectivity index is 1.58. The van der Waals surface area contributed by atoms with Gasteiger partial charge in [-0.1, -0.05) is 18.2 Å². The van der Waals surface area contributed by atoms with Crippen LogP contribution >= 0.6 is 0 Å². The maximum atomic E-state index is 12.5. The maximum absolute atomic E-state index is 12.5. The number of hydrogen-bond acceptors (Lipinski definition) is 6. The number of carbonyl (C=O) groups excluding carboxylic acids is 3. The molecule has 0 bridgehead atoms. The molecule has 0 fully saturated rings. The van der Waals surface area contributed by atoms with Crippen LogP contribution in [0.5, 0.6) is 17.2 Å². The predicted molar refractivity (Wildman–Crippen MR) is 113 cm³/mol. The summed E-state index contributed by atoms with van der Waals surface area (Å²) in [5.41, 5.74) is 1.36. The molecule has 0 saturated heterocycles. The number of benzene rings is 2. The van der Waals surface area contributed by atoms with Crippen LogP contribution in [0.3, 0.4) is 0 Å². The van der Waals surface area contributed by atoms with Gasteiger partial charge in [0.25, 0.3) is 11.8 Å². The number of carbonyl (C=O) groups is 3. The van der Waals surface area contributed by atoms with Crippen LogP contribution in [0, 0.1) is 0 Å². The summed E-state index contributed by atoms with van der Waals surface area (Å²) >= 11 is 0. The van der Waals surface area contributed by atoms with Crippen LogP contribution in [-0.4, -0.2) is 51.1 Å². The van der Waals surface area contributed by atoms with E-state index >= 15 is 0 Å². The highest BCUT2D eigenvalue weighted by Gasteiger charge is 2.26. The number of methoxy groups -OCH3 is 1. The van der Waals surface area contributed by atoms with Crippen molar-refractivity contribution in [3.05, 3.63) is 48.0 Å². The Morgan fingerprint density at radius 2 is 1.90 bits per heavy atom. The quantitative estimate of drug-likeness (QED) is 0.624. The minimum Gasteiger partial charge on any atom is -0.493 e. The zero-order valence-corrected chi connectivity index (χ0v) is 17.5. The number of nitrogens with one attached hydrogen (secondary N) is 2. The zero-order chi connectivity index (χ0) is 22.2. The summed E-state index contributed by atoms with van der Waals surface area (Å²) in [5.74, 6) is 0.653. The van der Waals surface area contributed by atoms with Crippen molar-refractivity contribution >= 4 is 23.4 Å². The van der Waals surface area contributed by atoms with Crippen molar-refractivity contribution in [3.8, 4) is 17.2 Å². The molecule has 2 N–H and O–H groups in total. The third-order valence-corrected chi connectivity index (χ3v) is 4.56. The van der Waals surface area contributed by atoms with E-state index < -0.39 is 0 Å². The van der Waals surface area contributed by atoms with Crippen LogP contribution in [0.2, 0.25) is 0 Å². The van der Waals surface area contributed by atoms with Gasteiger partial charge < -0.3 is 24.8 Å². The van der Waals surface area contributed by atoms with Crippen LogP contribution in [0.25, 0.3) is 0 Å². The number of anilines is 1.